The number of ketones is 1. The third-order valence-corrected chi connectivity index (χ3v) is 5.26. The number of nitrogens with zero attached hydrogens (tertiary/aromatic N) is 1. The lowest BCUT2D eigenvalue weighted by molar-refractivity contribution is -0.131. The zero-order valence-electron chi connectivity index (χ0n) is 15.7. The summed E-state index contributed by atoms with van der Waals surface area (Å²) in [6.45, 7) is 3.03. The highest BCUT2D eigenvalue weighted by atomic mass is 19.1. The molecule has 0 bridgehead atoms. The third-order valence-electron chi connectivity index (χ3n) is 5.26. The van der Waals surface area contributed by atoms with Crippen LogP contribution >= 0.6 is 0 Å². The van der Waals surface area contributed by atoms with Gasteiger partial charge >= 0.3 is 0 Å². The first-order valence-electron chi connectivity index (χ1n) is 9.19. The van der Waals surface area contributed by atoms with Crippen molar-refractivity contribution in [3.63, 3.8) is 0 Å². The molecule has 0 unspecified atom stereocenters. The molecule has 0 saturated carbocycles. The van der Waals surface area contributed by atoms with Gasteiger partial charge in [0.2, 0.25) is 5.91 Å². The van der Waals surface area contributed by atoms with Crippen molar-refractivity contribution in [2.24, 2.45) is 5.92 Å². The van der Waals surface area contributed by atoms with E-state index in [0.717, 1.165) is 11.1 Å². The fourth-order valence-electron chi connectivity index (χ4n) is 3.60. The average Bonchev–Trinajstić information content (AvgIpc) is 2.69. The summed E-state index contributed by atoms with van der Waals surface area (Å²) < 4.78 is 18.3. The minimum absolute atomic E-state index is 0.0186. The first kappa shape index (κ1) is 19.1. The molecule has 0 atom stereocenters. The summed E-state index contributed by atoms with van der Waals surface area (Å²) in [5, 5.41) is 0. The molecule has 3 rings (SSSR count). The van der Waals surface area contributed by atoms with E-state index in [2.05, 4.69) is 0 Å². The highest BCUT2D eigenvalue weighted by molar-refractivity contribution is 5.99. The molecule has 1 aliphatic rings. The van der Waals surface area contributed by atoms with Crippen LogP contribution in [-0.4, -0.2) is 36.8 Å². The van der Waals surface area contributed by atoms with Gasteiger partial charge in [-0.2, -0.15) is 0 Å². The summed E-state index contributed by atoms with van der Waals surface area (Å²) in [7, 11) is 1.60. The van der Waals surface area contributed by atoms with Gasteiger partial charge in [0.25, 0.3) is 0 Å². The standard InChI is InChI=1S/C22H24FNO3/c1-15-19(4-3-5-20(15)27-2)22(26)17-10-12-24(13-11-17)21(25)14-16-6-8-18(23)9-7-16/h3-9,17H,10-14H2,1-2H3. The van der Waals surface area contributed by atoms with Crippen molar-refractivity contribution in [2.45, 2.75) is 26.2 Å². The van der Waals surface area contributed by atoms with Crippen molar-refractivity contribution in [2.75, 3.05) is 20.2 Å². The fourth-order valence-corrected chi connectivity index (χ4v) is 3.60. The number of Topliss-reactive ketones (excluding diaryl/α,β-unsaturated/α-hetero) is 1. The number of ether oxygens (including phenoxy) is 1. The topological polar surface area (TPSA) is 46.6 Å². The second-order valence-corrected chi connectivity index (χ2v) is 6.96. The molecule has 0 aromatic heterocycles. The van der Waals surface area contributed by atoms with E-state index in [1.165, 1.54) is 12.1 Å². The van der Waals surface area contributed by atoms with E-state index >= 15 is 0 Å². The van der Waals surface area contributed by atoms with Crippen LogP contribution in [0.4, 0.5) is 4.39 Å². The number of hydrogen-bond donors (Lipinski definition) is 0. The molecule has 0 spiro atoms. The summed E-state index contributed by atoms with van der Waals surface area (Å²) in [4.78, 5) is 27.2. The highest BCUT2D eigenvalue weighted by Crippen LogP contribution is 2.27. The lowest BCUT2D eigenvalue weighted by Crippen LogP contribution is -2.41. The second-order valence-electron chi connectivity index (χ2n) is 6.96. The van der Waals surface area contributed by atoms with Crippen LogP contribution in [0.25, 0.3) is 0 Å². The molecule has 1 amide bonds. The molecular formula is C22H24FNO3. The fraction of sp³-hybridized carbons (Fsp3) is 0.364. The first-order valence-corrected chi connectivity index (χ1v) is 9.19. The minimum Gasteiger partial charge on any atom is -0.496 e. The molecule has 0 N–H and O–H groups in total. The van der Waals surface area contributed by atoms with E-state index in [-0.39, 0.29) is 29.8 Å². The quantitative estimate of drug-likeness (QED) is 0.753. The van der Waals surface area contributed by atoms with E-state index in [1.807, 2.05) is 25.1 Å². The van der Waals surface area contributed by atoms with Crippen molar-refractivity contribution < 1.29 is 18.7 Å². The van der Waals surface area contributed by atoms with Gasteiger partial charge in [-0.05, 0) is 43.5 Å². The molecule has 1 aliphatic heterocycles. The Labute approximate surface area is 158 Å². The predicted octanol–water partition coefficient (Wildman–Crippen LogP) is 3.81. The monoisotopic (exact) mass is 369 g/mol. The van der Waals surface area contributed by atoms with Gasteiger partial charge in [-0.3, -0.25) is 9.59 Å². The molecular weight excluding hydrogens is 345 g/mol. The van der Waals surface area contributed by atoms with Gasteiger partial charge in [0, 0.05) is 30.1 Å². The molecule has 1 heterocycles. The van der Waals surface area contributed by atoms with Crippen molar-refractivity contribution in [3.05, 3.63) is 65.0 Å². The van der Waals surface area contributed by atoms with Crippen LogP contribution in [0.1, 0.15) is 34.3 Å². The maximum atomic E-state index is 13.0. The van der Waals surface area contributed by atoms with E-state index in [4.69, 9.17) is 4.74 Å². The number of hydrogen-bond acceptors (Lipinski definition) is 3. The van der Waals surface area contributed by atoms with Gasteiger partial charge in [-0.25, -0.2) is 4.39 Å². The number of carbonyl (C=O) groups excluding carboxylic acids is 2. The van der Waals surface area contributed by atoms with Crippen LogP contribution in [0.5, 0.6) is 5.75 Å². The van der Waals surface area contributed by atoms with E-state index in [1.54, 1.807) is 24.1 Å². The highest BCUT2D eigenvalue weighted by Gasteiger charge is 2.29. The molecule has 5 heteroatoms. The molecule has 142 valence electrons. The molecule has 1 saturated heterocycles. The van der Waals surface area contributed by atoms with Crippen molar-refractivity contribution in [1.29, 1.82) is 0 Å². The Morgan fingerprint density at radius 1 is 1.11 bits per heavy atom. The molecule has 2 aromatic rings. The Morgan fingerprint density at radius 2 is 1.78 bits per heavy atom. The molecule has 1 fully saturated rings. The molecule has 0 radical (unpaired) electrons. The molecule has 0 aliphatic carbocycles. The summed E-state index contributed by atoms with van der Waals surface area (Å²) in [5.41, 5.74) is 2.36. The van der Waals surface area contributed by atoms with E-state index in [9.17, 15) is 14.0 Å². The summed E-state index contributed by atoms with van der Waals surface area (Å²) in [5.74, 6) is 0.471. The van der Waals surface area contributed by atoms with Crippen LogP contribution in [-0.2, 0) is 11.2 Å². The molecule has 4 nitrogen and oxygen atoms in total. The van der Waals surface area contributed by atoms with Crippen LogP contribution in [0.3, 0.4) is 0 Å². The lowest BCUT2D eigenvalue weighted by Gasteiger charge is -2.31. The van der Waals surface area contributed by atoms with Gasteiger partial charge < -0.3 is 9.64 Å². The Morgan fingerprint density at radius 3 is 2.41 bits per heavy atom. The zero-order valence-corrected chi connectivity index (χ0v) is 15.7. The van der Waals surface area contributed by atoms with Crippen LogP contribution in [0.2, 0.25) is 0 Å². The van der Waals surface area contributed by atoms with Gasteiger partial charge in [0.15, 0.2) is 5.78 Å². The number of benzene rings is 2. The SMILES string of the molecule is COc1cccc(C(=O)C2CCN(C(=O)Cc3ccc(F)cc3)CC2)c1C. The number of amides is 1. The maximum Gasteiger partial charge on any atom is 0.226 e. The number of carbonyl (C=O) groups is 2. The minimum atomic E-state index is -0.307. The summed E-state index contributed by atoms with van der Waals surface area (Å²) >= 11 is 0. The molecule has 27 heavy (non-hydrogen) atoms. The van der Waals surface area contributed by atoms with Crippen molar-refractivity contribution >= 4 is 11.7 Å². The average molecular weight is 369 g/mol. The second kappa shape index (κ2) is 8.33. The van der Waals surface area contributed by atoms with Crippen molar-refractivity contribution in [3.8, 4) is 5.75 Å². The predicted molar refractivity (Wildman–Crippen MR) is 101 cm³/mol. The Kier molecular flexibility index (Phi) is 5.89. The normalized spacial score (nSPS) is 14.9. The maximum absolute atomic E-state index is 13.0. The lowest BCUT2D eigenvalue weighted by atomic mass is 9.87. The number of piperidine rings is 1. The van der Waals surface area contributed by atoms with E-state index < -0.39 is 0 Å². The van der Waals surface area contributed by atoms with E-state index in [0.29, 0.717) is 37.2 Å². The summed E-state index contributed by atoms with van der Waals surface area (Å²) in [6, 6.07) is 11.5. The Hall–Kier alpha value is -2.69. The smallest absolute Gasteiger partial charge is 0.226 e. The largest absolute Gasteiger partial charge is 0.496 e. The first-order chi connectivity index (χ1) is 13.0. The van der Waals surface area contributed by atoms with Gasteiger partial charge in [0.1, 0.15) is 11.6 Å². The van der Waals surface area contributed by atoms with Crippen LogP contribution < -0.4 is 4.74 Å². The number of likely N-dealkylation sites (tertiary alicyclic amines) is 1. The van der Waals surface area contributed by atoms with Gasteiger partial charge in [0.05, 0.1) is 13.5 Å². The van der Waals surface area contributed by atoms with Gasteiger partial charge in [-0.1, -0.05) is 24.3 Å². The van der Waals surface area contributed by atoms with Crippen LogP contribution in [0, 0.1) is 18.7 Å². The number of rotatable bonds is 5. The molecule has 2 aromatic carbocycles. The Bertz CT molecular complexity index is 824. The summed E-state index contributed by atoms with van der Waals surface area (Å²) in [6.07, 6.45) is 1.57. The zero-order chi connectivity index (χ0) is 19.4. The van der Waals surface area contributed by atoms with Crippen molar-refractivity contribution in [1.82, 2.24) is 4.90 Å². The van der Waals surface area contributed by atoms with Crippen LogP contribution in [0.15, 0.2) is 42.5 Å². The third kappa shape index (κ3) is 4.35. The number of halogens is 1. The number of methoxy groups -OCH3 is 1. The Balaban J connectivity index is 1.59. The van der Waals surface area contributed by atoms with Gasteiger partial charge in [-0.15, -0.1) is 0 Å².